The zero-order chi connectivity index (χ0) is 41.4. The van der Waals surface area contributed by atoms with E-state index in [0.717, 1.165) is 32.1 Å². The van der Waals surface area contributed by atoms with Crippen LogP contribution in [0.5, 0.6) is 0 Å². The van der Waals surface area contributed by atoms with Crippen LogP contribution in [0.15, 0.2) is 36.5 Å². The molecule has 2 unspecified atom stereocenters. The van der Waals surface area contributed by atoms with Gasteiger partial charge in [0.1, 0.15) is 0 Å². The Bertz CT molecular complexity index is 866. The second kappa shape index (κ2) is 49.0. The average molecular weight is 800 g/mol. The van der Waals surface area contributed by atoms with Gasteiger partial charge in [0.15, 0.2) is 0 Å². The first kappa shape index (κ1) is 55.6. The first-order valence-electron chi connectivity index (χ1n) is 25.7. The highest BCUT2D eigenvalue weighted by atomic mass is 16.3. The van der Waals surface area contributed by atoms with Crippen LogP contribution < -0.4 is 5.32 Å². The van der Waals surface area contributed by atoms with E-state index in [-0.39, 0.29) is 12.5 Å². The van der Waals surface area contributed by atoms with E-state index in [4.69, 9.17) is 0 Å². The Morgan fingerprint density at radius 1 is 0.421 bits per heavy atom. The lowest BCUT2D eigenvalue weighted by atomic mass is 10.0. The lowest BCUT2D eigenvalue weighted by Gasteiger charge is -2.20. The van der Waals surface area contributed by atoms with Gasteiger partial charge in [0.2, 0.25) is 5.91 Å². The molecule has 0 aromatic rings. The van der Waals surface area contributed by atoms with Gasteiger partial charge in [-0.3, -0.25) is 4.79 Å². The minimum absolute atomic E-state index is 0.0657. The predicted octanol–water partition coefficient (Wildman–Crippen LogP) is 16.5. The SMILES string of the molecule is CCCCCC/C=C/C(O)C(CO)NC(=O)CCCCCCCCCCCCCCCCCCCCCCCCCCCCC/C=C\C/C=C\CCCCCCC. The molecule has 336 valence electrons. The minimum Gasteiger partial charge on any atom is -0.394 e. The summed E-state index contributed by atoms with van der Waals surface area (Å²) in [4.78, 5) is 12.3. The molecular weight excluding hydrogens is 699 g/mol. The molecular formula is C53H101NO3. The van der Waals surface area contributed by atoms with Crippen LogP contribution in [-0.4, -0.2) is 34.9 Å². The predicted molar refractivity (Wildman–Crippen MR) is 253 cm³/mol. The highest BCUT2D eigenvalue weighted by Crippen LogP contribution is 2.17. The lowest BCUT2D eigenvalue weighted by molar-refractivity contribution is -0.123. The van der Waals surface area contributed by atoms with E-state index in [1.807, 2.05) is 6.08 Å². The first-order valence-corrected chi connectivity index (χ1v) is 25.7. The van der Waals surface area contributed by atoms with E-state index >= 15 is 0 Å². The highest BCUT2D eigenvalue weighted by molar-refractivity contribution is 5.76. The number of nitrogens with one attached hydrogen (secondary N) is 1. The van der Waals surface area contributed by atoms with E-state index in [1.165, 1.54) is 225 Å². The third-order valence-electron chi connectivity index (χ3n) is 11.9. The maximum Gasteiger partial charge on any atom is 0.220 e. The van der Waals surface area contributed by atoms with Gasteiger partial charge in [0, 0.05) is 6.42 Å². The molecule has 4 heteroatoms. The number of carbonyl (C=O) groups excluding carboxylic acids is 1. The molecule has 0 spiro atoms. The molecule has 0 rings (SSSR count). The second-order valence-electron chi connectivity index (χ2n) is 17.6. The van der Waals surface area contributed by atoms with Crippen LogP contribution in [0.1, 0.15) is 277 Å². The summed E-state index contributed by atoms with van der Waals surface area (Å²) >= 11 is 0. The number of hydrogen-bond acceptors (Lipinski definition) is 3. The number of allylic oxidation sites excluding steroid dienone is 5. The van der Waals surface area contributed by atoms with Crippen molar-refractivity contribution in [1.82, 2.24) is 5.32 Å². The molecule has 0 saturated heterocycles. The fourth-order valence-corrected chi connectivity index (χ4v) is 7.92. The van der Waals surface area contributed by atoms with Gasteiger partial charge in [0.05, 0.1) is 18.8 Å². The van der Waals surface area contributed by atoms with Gasteiger partial charge < -0.3 is 15.5 Å². The maximum absolute atomic E-state index is 12.3. The van der Waals surface area contributed by atoms with E-state index in [1.54, 1.807) is 6.08 Å². The monoisotopic (exact) mass is 800 g/mol. The highest BCUT2D eigenvalue weighted by Gasteiger charge is 2.18. The van der Waals surface area contributed by atoms with Gasteiger partial charge in [-0.05, 0) is 51.4 Å². The summed E-state index contributed by atoms with van der Waals surface area (Å²) in [6, 6.07) is -0.615. The Kier molecular flexibility index (Phi) is 47.8. The van der Waals surface area contributed by atoms with Gasteiger partial charge in [-0.25, -0.2) is 0 Å². The van der Waals surface area contributed by atoms with Crippen molar-refractivity contribution in [2.24, 2.45) is 0 Å². The zero-order valence-corrected chi connectivity index (χ0v) is 38.6. The molecule has 57 heavy (non-hydrogen) atoms. The quantitative estimate of drug-likeness (QED) is 0.0424. The Morgan fingerprint density at radius 3 is 1.07 bits per heavy atom. The molecule has 0 heterocycles. The average Bonchev–Trinajstić information content (AvgIpc) is 3.22. The largest absolute Gasteiger partial charge is 0.394 e. The number of unbranched alkanes of at least 4 members (excludes halogenated alkanes) is 36. The maximum atomic E-state index is 12.3. The molecule has 0 saturated carbocycles. The van der Waals surface area contributed by atoms with Crippen LogP contribution >= 0.6 is 0 Å². The number of aliphatic hydroxyl groups excluding tert-OH is 2. The molecule has 4 nitrogen and oxygen atoms in total. The molecule has 2 atom stereocenters. The van der Waals surface area contributed by atoms with Crippen LogP contribution in [0.3, 0.4) is 0 Å². The number of hydrogen-bond donors (Lipinski definition) is 3. The molecule has 0 fully saturated rings. The molecule has 0 aromatic carbocycles. The van der Waals surface area contributed by atoms with Crippen molar-refractivity contribution in [3.8, 4) is 0 Å². The summed E-state index contributed by atoms with van der Waals surface area (Å²) in [6.07, 6.45) is 66.2. The van der Waals surface area contributed by atoms with E-state index in [2.05, 4.69) is 43.5 Å². The van der Waals surface area contributed by atoms with E-state index in [0.29, 0.717) is 6.42 Å². The van der Waals surface area contributed by atoms with Gasteiger partial charge in [0.25, 0.3) is 0 Å². The summed E-state index contributed by atoms with van der Waals surface area (Å²) in [6.45, 7) is 4.23. The normalized spacial score (nSPS) is 13.1. The summed E-state index contributed by atoms with van der Waals surface area (Å²) in [5.41, 5.74) is 0. The van der Waals surface area contributed by atoms with Crippen LogP contribution in [-0.2, 0) is 4.79 Å². The standard InChI is InChI=1S/C53H101NO3/c1-3-5-7-9-11-12-13-14-15-16-17-18-19-20-21-22-23-24-25-26-27-28-29-30-31-32-33-34-35-36-37-38-39-40-41-42-43-45-47-49-53(57)54-51(50-55)52(56)48-46-44-10-8-6-4-2/h13-14,16-17,46,48,51-52,55-56H,3-12,15,18-45,47,49-50H2,1-2H3,(H,54,57)/b14-13-,17-16-,48-46+. The number of rotatable bonds is 47. The van der Waals surface area contributed by atoms with Crippen LogP contribution in [0, 0.1) is 0 Å². The van der Waals surface area contributed by atoms with Crippen molar-refractivity contribution in [1.29, 1.82) is 0 Å². The van der Waals surface area contributed by atoms with Crippen molar-refractivity contribution in [3.05, 3.63) is 36.5 Å². The lowest BCUT2D eigenvalue weighted by Crippen LogP contribution is -2.45. The summed E-state index contributed by atoms with van der Waals surface area (Å²) in [7, 11) is 0. The molecule has 0 aliphatic rings. The third kappa shape index (κ3) is 45.5. The van der Waals surface area contributed by atoms with Gasteiger partial charge in [-0.15, -0.1) is 0 Å². The number of aliphatic hydroxyl groups is 2. The third-order valence-corrected chi connectivity index (χ3v) is 11.9. The molecule has 0 aliphatic carbocycles. The van der Waals surface area contributed by atoms with Gasteiger partial charge in [-0.2, -0.15) is 0 Å². The van der Waals surface area contributed by atoms with Crippen LogP contribution in [0.4, 0.5) is 0 Å². The van der Waals surface area contributed by atoms with Crippen molar-refractivity contribution >= 4 is 5.91 Å². The minimum atomic E-state index is -0.832. The van der Waals surface area contributed by atoms with E-state index < -0.39 is 12.1 Å². The van der Waals surface area contributed by atoms with Crippen molar-refractivity contribution < 1.29 is 15.0 Å². The smallest absolute Gasteiger partial charge is 0.220 e. The Morgan fingerprint density at radius 2 is 0.719 bits per heavy atom. The fourth-order valence-electron chi connectivity index (χ4n) is 7.92. The van der Waals surface area contributed by atoms with Gasteiger partial charge >= 0.3 is 0 Å². The summed E-state index contributed by atoms with van der Waals surface area (Å²) in [5, 5.41) is 22.7. The van der Waals surface area contributed by atoms with Crippen molar-refractivity contribution in [3.63, 3.8) is 0 Å². The first-order chi connectivity index (χ1) is 28.2. The Hall–Kier alpha value is -1.39. The number of carbonyl (C=O) groups is 1. The molecule has 0 aromatic heterocycles. The molecule has 3 N–H and O–H groups in total. The topological polar surface area (TPSA) is 69.6 Å². The summed E-state index contributed by atoms with van der Waals surface area (Å²) < 4.78 is 0. The Balaban J connectivity index is 3.30. The molecule has 0 aliphatic heterocycles. The van der Waals surface area contributed by atoms with Gasteiger partial charge in [-0.1, -0.05) is 256 Å². The van der Waals surface area contributed by atoms with Crippen molar-refractivity contribution in [2.75, 3.05) is 6.61 Å². The second-order valence-corrected chi connectivity index (χ2v) is 17.6. The molecule has 1 amide bonds. The van der Waals surface area contributed by atoms with Crippen LogP contribution in [0.2, 0.25) is 0 Å². The molecule has 0 radical (unpaired) electrons. The van der Waals surface area contributed by atoms with Crippen molar-refractivity contribution in [2.45, 2.75) is 289 Å². The fraction of sp³-hybridized carbons (Fsp3) is 0.868. The zero-order valence-electron chi connectivity index (χ0n) is 38.6. The van der Waals surface area contributed by atoms with Crippen LogP contribution in [0.25, 0.3) is 0 Å². The number of amides is 1. The van der Waals surface area contributed by atoms with E-state index in [9.17, 15) is 15.0 Å². The Labute approximate surface area is 357 Å². The molecule has 0 bridgehead atoms. The summed E-state index contributed by atoms with van der Waals surface area (Å²) in [5.74, 6) is -0.0657.